The van der Waals surface area contributed by atoms with Gasteiger partial charge in [0.05, 0.1) is 12.1 Å². The van der Waals surface area contributed by atoms with E-state index >= 15 is 0 Å². The van der Waals surface area contributed by atoms with Gasteiger partial charge in [-0.2, -0.15) is 0 Å². The lowest BCUT2D eigenvalue weighted by Crippen LogP contribution is -2.37. The minimum atomic E-state index is -0.842. The van der Waals surface area contributed by atoms with Gasteiger partial charge in [0.15, 0.2) is 11.4 Å². The number of aryl methyl sites for hydroxylation is 1. The van der Waals surface area contributed by atoms with Crippen LogP contribution in [0.5, 0.6) is 0 Å². The lowest BCUT2D eigenvalue weighted by molar-refractivity contribution is -0.136. The second-order valence-electron chi connectivity index (χ2n) is 11.4. The number of para-hydroxylation sites is 1. The number of aliphatic carboxylic acids is 1. The van der Waals surface area contributed by atoms with Crippen LogP contribution in [0.3, 0.4) is 0 Å². The SMILES string of the molecule is BC1(C)CCN(c2c(-c3ccc(CNc4ncnc5c4oc4ccccc45)cc3)cnc(C)c2CC(=O)O)CC1. The maximum Gasteiger partial charge on any atom is 0.307 e. The summed E-state index contributed by atoms with van der Waals surface area (Å²) in [5.41, 5.74) is 7.87. The van der Waals surface area contributed by atoms with Crippen molar-refractivity contribution < 1.29 is 14.3 Å². The molecule has 3 aromatic heterocycles. The molecule has 1 fully saturated rings. The summed E-state index contributed by atoms with van der Waals surface area (Å²) in [7, 11) is 2.30. The molecule has 202 valence electrons. The van der Waals surface area contributed by atoms with Crippen molar-refractivity contribution in [1.29, 1.82) is 0 Å². The molecule has 0 spiro atoms. The molecule has 8 nitrogen and oxygen atoms in total. The van der Waals surface area contributed by atoms with Gasteiger partial charge in [-0.3, -0.25) is 9.78 Å². The van der Waals surface area contributed by atoms with Gasteiger partial charge >= 0.3 is 5.97 Å². The molecule has 2 N–H and O–H groups in total. The minimum Gasteiger partial charge on any atom is -0.481 e. The number of piperidine rings is 1. The number of pyridine rings is 1. The average molecular weight is 533 g/mol. The molecule has 1 saturated heterocycles. The van der Waals surface area contributed by atoms with E-state index in [9.17, 15) is 9.90 Å². The number of benzene rings is 2. The van der Waals surface area contributed by atoms with Crippen molar-refractivity contribution in [3.8, 4) is 11.1 Å². The highest BCUT2D eigenvalue weighted by Gasteiger charge is 2.29. The topological polar surface area (TPSA) is 104 Å². The van der Waals surface area contributed by atoms with Gasteiger partial charge in [0.1, 0.15) is 25.3 Å². The Morgan fingerprint density at radius 1 is 1.10 bits per heavy atom. The molecule has 0 amide bonds. The molecule has 0 radical (unpaired) electrons. The van der Waals surface area contributed by atoms with Crippen LogP contribution in [0.25, 0.3) is 33.2 Å². The summed E-state index contributed by atoms with van der Waals surface area (Å²) < 4.78 is 6.04. The number of anilines is 2. The van der Waals surface area contributed by atoms with Gasteiger partial charge in [-0.05, 0) is 43.0 Å². The molecule has 2 aromatic carbocycles. The first-order chi connectivity index (χ1) is 19.3. The Hall–Kier alpha value is -4.40. The lowest BCUT2D eigenvalue weighted by atomic mass is 9.64. The molecule has 0 atom stereocenters. The maximum absolute atomic E-state index is 11.8. The van der Waals surface area contributed by atoms with Crippen LogP contribution in [0.2, 0.25) is 5.31 Å². The number of carboxylic acid groups (broad SMARTS) is 1. The standard InChI is InChI=1S/C31H32BN5O3/c1-19-23(15-26(38)39)28(37-13-11-31(2,32)12-14-37)24(17-33-19)21-9-7-20(8-10-21)16-34-30-29-27(35-18-36-30)22-5-3-4-6-25(22)40-29/h3-10,17-18H,11-16,32H2,1-2H3,(H,38,39)(H,34,35,36). The Kier molecular flexibility index (Phi) is 6.66. The van der Waals surface area contributed by atoms with Crippen LogP contribution in [-0.4, -0.2) is 47.0 Å². The Balaban J connectivity index is 1.28. The number of furan rings is 1. The fourth-order valence-electron chi connectivity index (χ4n) is 5.54. The van der Waals surface area contributed by atoms with E-state index in [1.54, 1.807) is 6.33 Å². The zero-order chi connectivity index (χ0) is 27.9. The Bertz CT molecular complexity index is 1700. The average Bonchev–Trinajstić information content (AvgIpc) is 3.33. The van der Waals surface area contributed by atoms with E-state index in [2.05, 4.69) is 64.2 Å². The summed E-state index contributed by atoms with van der Waals surface area (Å²) in [6.07, 6.45) is 5.53. The third-order valence-electron chi connectivity index (χ3n) is 8.01. The first-order valence-corrected chi connectivity index (χ1v) is 13.7. The van der Waals surface area contributed by atoms with Gasteiger partial charge in [-0.1, -0.05) is 48.6 Å². The van der Waals surface area contributed by atoms with Crippen LogP contribution < -0.4 is 10.2 Å². The fraction of sp³-hybridized carbons (Fsp3) is 0.290. The van der Waals surface area contributed by atoms with Crippen LogP contribution in [0.15, 0.2) is 65.5 Å². The van der Waals surface area contributed by atoms with Gasteiger partial charge in [0, 0.05) is 48.0 Å². The van der Waals surface area contributed by atoms with Crippen molar-refractivity contribution in [3.05, 3.63) is 77.9 Å². The smallest absolute Gasteiger partial charge is 0.307 e. The van der Waals surface area contributed by atoms with Crippen molar-refractivity contribution >= 4 is 47.4 Å². The molecule has 0 aliphatic carbocycles. The largest absolute Gasteiger partial charge is 0.481 e. The second kappa shape index (κ2) is 10.3. The van der Waals surface area contributed by atoms with Gasteiger partial charge in [0.25, 0.3) is 0 Å². The number of hydrogen-bond acceptors (Lipinski definition) is 7. The number of aromatic nitrogens is 3. The molecule has 4 heterocycles. The first-order valence-electron chi connectivity index (χ1n) is 13.7. The number of fused-ring (bicyclic) bond motifs is 3. The first kappa shape index (κ1) is 25.9. The third-order valence-corrected chi connectivity index (χ3v) is 8.01. The van der Waals surface area contributed by atoms with E-state index in [4.69, 9.17) is 4.42 Å². The molecular weight excluding hydrogens is 501 g/mol. The predicted octanol–water partition coefficient (Wildman–Crippen LogP) is 5.40. The summed E-state index contributed by atoms with van der Waals surface area (Å²) in [5.74, 6) is -0.188. The van der Waals surface area contributed by atoms with E-state index in [-0.39, 0.29) is 11.7 Å². The van der Waals surface area contributed by atoms with E-state index in [1.807, 2.05) is 37.4 Å². The van der Waals surface area contributed by atoms with E-state index in [0.29, 0.717) is 17.9 Å². The normalized spacial score (nSPS) is 15.0. The number of hydrogen-bond donors (Lipinski definition) is 2. The van der Waals surface area contributed by atoms with Crippen LogP contribution in [-0.2, 0) is 17.8 Å². The van der Waals surface area contributed by atoms with Crippen LogP contribution in [0, 0.1) is 6.92 Å². The molecule has 6 rings (SSSR count). The lowest BCUT2D eigenvalue weighted by Gasteiger charge is -2.40. The van der Waals surface area contributed by atoms with Gasteiger partial charge in [0.2, 0.25) is 0 Å². The summed E-state index contributed by atoms with van der Waals surface area (Å²) in [6.45, 7) is 6.56. The number of carboxylic acids is 1. The maximum atomic E-state index is 11.8. The zero-order valence-corrected chi connectivity index (χ0v) is 23.1. The Morgan fingerprint density at radius 3 is 2.60 bits per heavy atom. The van der Waals surface area contributed by atoms with Crippen molar-refractivity contribution in [2.75, 3.05) is 23.3 Å². The van der Waals surface area contributed by atoms with Crippen LogP contribution in [0.1, 0.15) is 36.6 Å². The molecule has 40 heavy (non-hydrogen) atoms. The second-order valence-corrected chi connectivity index (χ2v) is 11.4. The number of rotatable bonds is 7. The highest BCUT2D eigenvalue weighted by Crippen LogP contribution is 2.41. The Labute approximate surface area is 233 Å². The summed E-state index contributed by atoms with van der Waals surface area (Å²) in [6, 6.07) is 16.2. The number of carbonyl (C=O) groups is 1. The van der Waals surface area contributed by atoms with Gasteiger partial charge in [-0.25, -0.2) is 9.97 Å². The molecule has 5 aromatic rings. The molecule has 1 aliphatic heterocycles. The molecule has 0 saturated carbocycles. The van der Waals surface area contributed by atoms with Crippen molar-refractivity contribution in [1.82, 2.24) is 15.0 Å². The fourth-order valence-corrected chi connectivity index (χ4v) is 5.54. The van der Waals surface area contributed by atoms with Crippen molar-refractivity contribution in [2.24, 2.45) is 0 Å². The van der Waals surface area contributed by atoms with Crippen LogP contribution in [0.4, 0.5) is 11.5 Å². The van der Waals surface area contributed by atoms with E-state index in [1.165, 1.54) is 0 Å². The number of nitrogens with one attached hydrogen (secondary N) is 1. The van der Waals surface area contributed by atoms with Crippen molar-refractivity contribution in [2.45, 2.75) is 45.0 Å². The molecule has 9 heteroatoms. The number of nitrogens with zero attached hydrogens (tertiary/aromatic N) is 4. The molecule has 0 bridgehead atoms. The predicted molar refractivity (Wildman–Crippen MR) is 161 cm³/mol. The summed E-state index contributed by atoms with van der Waals surface area (Å²) in [5, 5.41) is 14.3. The van der Waals surface area contributed by atoms with E-state index in [0.717, 1.165) is 76.1 Å². The van der Waals surface area contributed by atoms with Gasteiger partial charge < -0.3 is 19.7 Å². The molecular formula is C31H32BN5O3. The van der Waals surface area contributed by atoms with Crippen LogP contribution >= 0.6 is 0 Å². The minimum absolute atomic E-state index is 0.0426. The van der Waals surface area contributed by atoms with Gasteiger partial charge in [-0.15, -0.1) is 0 Å². The van der Waals surface area contributed by atoms with E-state index < -0.39 is 5.97 Å². The highest BCUT2D eigenvalue weighted by atomic mass is 16.4. The zero-order valence-electron chi connectivity index (χ0n) is 23.1. The highest BCUT2D eigenvalue weighted by molar-refractivity contribution is 6.15. The summed E-state index contributed by atoms with van der Waals surface area (Å²) in [4.78, 5) is 27.6. The third kappa shape index (κ3) is 4.99. The molecule has 0 unspecified atom stereocenters. The quantitative estimate of drug-likeness (QED) is 0.268. The molecule has 1 aliphatic rings. The summed E-state index contributed by atoms with van der Waals surface area (Å²) >= 11 is 0. The van der Waals surface area contributed by atoms with Crippen molar-refractivity contribution in [3.63, 3.8) is 0 Å². The monoisotopic (exact) mass is 533 g/mol. The Morgan fingerprint density at radius 2 is 1.85 bits per heavy atom.